The molecule has 768 valence electrons. The van der Waals surface area contributed by atoms with Gasteiger partial charge in [-0.25, -0.2) is 28.5 Å². The third kappa shape index (κ3) is 29.0. The molecule has 16 atom stereocenters. The molecule has 8 bridgehead atoms. The number of carboxylic acids is 1. The fraction of sp³-hybridized carbons (Fsp3) is 0.638. The Morgan fingerprint density at radius 3 is 1.37 bits per heavy atom. The van der Waals surface area contributed by atoms with Crippen LogP contribution in [0.1, 0.15) is 154 Å². The summed E-state index contributed by atoms with van der Waals surface area (Å²) in [5.74, 6) is -2.81. The number of aliphatic carboxylic acids is 1. The number of nitrogens with zero attached hydrogens (tertiary/aromatic N) is 11. The van der Waals surface area contributed by atoms with Crippen LogP contribution < -0.4 is 35.2 Å². The first kappa shape index (κ1) is 113. The molecule has 139 heavy (non-hydrogen) atoms. The number of benzene rings is 2. The average molecular weight is 2280 g/mol. The van der Waals surface area contributed by atoms with Gasteiger partial charge in [-0.3, -0.25) is 39.4 Å². The molecule has 45 heteroatoms. The Kier molecular flexibility index (Phi) is 41.9. The molecule has 0 spiro atoms. The van der Waals surface area contributed by atoms with Gasteiger partial charge >= 0.3 is 30.1 Å². The Morgan fingerprint density at radius 1 is 0.604 bits per heavy atom. The lowest BCUT2D eigenvalue weighted by Gasteiger charge is -2.42. The van der Waals surface area contributed by atoms with Crippen LogP contribution in [0.3, 0.4) is 0 Å². The smallest absolute Gasteiger partial charge is 0.409 e. The van der Waals surface area contributed by atoms with E-state index in [0.29, 0.717) is 71.1 Å². The summed E-state index contributed by atoms with van der Waals surface area (Å²) in [4.78, 5) is 140. The van der Waals surface area contributed by atoms with Crippen molar-refractivity contribution in [1.29, 1.82) is 0 Å². The molecule has 37 nitrogen and oxygen atoms in total. The highest BCUT2D eigenvalue weighted by molar-refractivity contribution is 9.09. The number of carbonyl (C=O) groups excluding carboxylic acids is 9. The maximum Gasteiger partial charge on any atom is 0.409 e. The van der Waals surface area contributed by atoms with Gasteiger partial charge in [0.15, 0.2) is 11.4 Å². The zero-order valence-corrected chi connectivity index (χ0v) is 90.7. The zero-order valence-electron chi connectivity index (χ0n) is 81.3. The molecule has 0 saturated carbocycles. The van der Waals surface area contributed by atoms with Crippen molar-refractivity contribution >= 4 is 181 Å². The lowest BCUT2D eigenvalue weighted by Crippen LogP contribution is -2.63. The van der Waals surface area contributed by atoms with Gasteiger partial charge in [-0.2, -0.15) is 11.8 Å². The lowest BCUT2D eigenvalue weighted by molar-refractivity contribution is -0.162. The molecule has 0 radical (unpaired) electrons. The Bertz CT molecular complexity index is 5150. The molecule has 8 aliphatic rings. The third-order valence-corrected chi connectivity index (χ3v) is 31.8. The standard InChI is InChI=1S/C47H64Br2ClN7O11S.C37H50ClN3O12S.C10H16Br2N4/c1-27-10-9-11-37(65-8)47(63)22-36(66-45(62)51-47)28(2)43-46(4,68-43)38(21-40(59)55(6)33-19-31(18-27)20-35(64-7)42(33)50)67-44(61)29(3)54(5)39(58)14-17-69-26-41(60)56-15-12-30(13-16-56)25-57-34(24-49)32(23-48)52-53-57;1-20-10-9-11-27(50-8)37(48)18-26(51-35(47)39-37)21(2)33-36(4,53-33)28(52-34(46)22(3)40(5)29(42)12-13-54-19-31(44)45)17-30(43)41(6)24-15-23(14-20)16-25(49-7)32(24)38;11-5-9-10(6-12)16(15-14-9)7-8-1-3-13-4-2-8/h9-11,19-20,28-30,36-38,43,63H,12-18,21-26H2,1-8H3,(H,51,62);9-11,15-16,21-22,26-28,33,48H,12-14,17-19H2,1-8H3,(H,39,47)(H,44,45);8,13H,1-7H2/b11-9+,27-10+;11-9+,20-10+;/t28-,29+,36+,37-,38+,43+,46+,47+;21-,22+,26+,27-,28+,33+,36+,37+;/m11./s1. The van der Waals surface area contributed by atoms with E-state index < -0.39 is 143 Å². The van der Waals surface area contributed by atoms with Gasteiger partial charge in [-0.1, -0.05) is 159 Å². The van der Waals surface area contributed by atoms with E-state index in [-0.39, 0.29) is 77.6 Å². The number of fused-ring (bicyclic) bond motifs is 10. The van der Waals surface area contributed by atoms with Gasteiger partial charge in [0.05, 0.1) is 84.9 Å². The molecule has 6 N–H and O–H groups in total. The quantitative estimate of drug-likeness (QED) is 0.0101. The van der Waals surface area contributed by atoms with Gasteiger partial charge in [0, 0.05) is 139 Å². The van der Waals surface area contributed by atoms with Crippen LogP contribution >= 0.6 is 110 Å². The van der Waals surface area contributed by atoms with Crippen LogP contribution in [-0.4, -0.2) is 309 Å². The van der Waals surface area contributed by atoms with E-state index in [1.807, 2.05) is 35.6 Å². The van der Waals surface area contributed by atoms with Gasteiger partial charge in [0.2, 0.25) is 29.5 Å². The number of carboxylic acid groups (broad SMARTS) is 1. The fourth-order valence-electron chi connectivity index (χ4n) is 18.0. The number of rotatable bonds is 28. The number of aliphatic hydroxyl groups is 2. The van der Waals surface area contributed by atoms with Crippen molar-refractivity contribution in [3.8, 4) is 11.5 Å². The summed E-state index contributed by atoms with van der Waals surface area (Å²) in [6, 6.07) is 4.98. The van der Waals surface area contributed by atoms with Crippen molar-refractivity contribution in [3.05, 3.63) is 116 Å². The Balaban J connectivity index is 0.000000251. The van der Waals surface area contributed by atoms with Crippen molar-refractivity contribution in [2.24, 2.45) is 23.7 Å². The summed E-state index contributed by atoms with van der Waals surface area (Å²) in [5, 5.41) is 61.2. The van der Waals surface area contributed by atoms with Gasteiger partial charge in [-0.15, -0.1) is 22.0 Å². The number of likely N-dealkylation sites (tertiary alicyclic amines) is 1. The highest BCUT2D eigenvalue weighted by Crippen LogP contribution is 2.52. The van der Waals surface area contributed by atoms with E-state index in [1.54, 1.807) is 97.3 Å². The van der Waals surface area contributed by atoms with Crippen LogP contribution in [0.5, 0.6) is 11.5 Å². The number of esters is 2. The first-order valence-corrected chi connectivity index (χ1v) is 53.6. The van der Waals surface area contributed by atoms with Crippen molar-refractivity contribution in [2.75, 3.05) is 116 Å². The molecule has 12 rings (SSSR count). The number of ether oxygens (including phenoxy) is 10. The lowest BCUT2D eigenvalue weighted by atomic mass is 9.83. The summed E-state index contributed by atoms with van der Waals surface area (Å²) in [6.07, 6.45) is 5.59. The number of hydrogen-bond acceptors (Lipinski definition) is 29. The number of carbonyl (C=O) groups is 10. The van der Waals surface area contributed by atoms with Crippen LogP contribution in [0.2, 0.25) is 10.0 Å². The molecule has 0 aliphatic carbocycles. The van der Waals surface area contributed by atoms with Crippen LogP contribution in [0.25, 0.3) is 0 Å². The number of nitrogens with one attached hydrogen (secondary N) is 3. The Labute approximate surface area is 863 Å². The number of methoxy groups -OCH3 is 4. The first-order chi connectivity index (χ1) is 66.0. The number of hydrogen-bond donors (Lipinski definition) is 6. The summed E-state index contributed by atoms with van der Waals surface area (Å²) >= 11 is 30.0. The molecule has 0 unspecified atom stereocenters. The van der Waals surface area contributed by atoms with E-state index in [1.165, 1.54) is 99.4 Å². The van der Waals surface area contributed by atoms with Crippen LogP contribution in [-0.2, 0) is 124 Å². The normalized spacial score (nSPS) is 28.1. The zero-order chi connectivity index (χ0) is 102. The molecule has 2 aromatic heterocycles. The minimum absolute atomic E-state index is 0.00116. The molecular weight excluding hydrogens is 2150 g/mol. The number of alkyl carbamates (subject to hydrolysis) is 2. The Hall–Kier alpha value is -7.50. The number of piperidine rings is 2. The first-order valence-electron chi connectivity index (χ1n) is 46.1. The predicted molar refractivity (Wildman–Crippen MR) is 539 cm³/mol. The van der Waals surface area contributed by atoms with E-state index in [4.69, 9.17) is 75.7 Å². The number of epoxide rings is 2. The van der Waals surface area contributed by atoms with Crippen molar-refractivity contribution < 1.29 is 111 Å². The van der Waals surface area contributed by atoms with Crippen LogP contribution in [0.15, 0.2) is 71.9 Å². The molecular formula is C94H130Br4Cl2N14O23S2. The fourth-order valence-corrected chi connectivity index (χ4v) is 22.1. The van der Waals surface area contributed by atoms with Crippen molar-refractivity contribution in [1.82, 2.24) is 60.6 Å². The van der Waals surface area contributed by atoms with Crippen molar-refractivity contribution in [2.45, 2.75) is 250 Å². The number of aromatic nitrogens is 6. The number of halogens is 6. The summed E-state index contributed by atoms with van der Waals surface area (Å²) in [6.45, 7) is 19.1. The summed E-state index contributed by atoms with van der Waals surface area (Å²) < 4.78 is 62.6. The molecule has 2 aromatic carbocycles. The minimum atomic E-state index is -1.85. The molecule has 6 saturated heterocycles. The minimum Gasteiger partial charge on any atom is -0.495 e. The molecule has 4 aromatic rings. The predicted octanol–water partition coefficient (Wildman–Crippen LogP) is 11.7. The average Bonchev–Trinajstić information content (AvgIpc) is 1.57. The number of anilines is 2. The third-order valence-electron chi connectivity index (χ3n) is 27.1. The van der Waals surface area contributed by atoms with E-state index in [2.05, 4.69) is 105 Å². The van der Waals surface area contributed by atoms with Crippen LogP contribution in [0, 0.1) is 23.7 Å². The van der Waals surface area contributed by atoms with Gasteiger partial charge in [0.1, 0.15) is 81.5 Å². The second-order valence-corrected chi connectivity index (χ2v) is 41.9. The number of allylic oxidation sites excluding steroid dienone is 6. The largest absolute Gasteiger partial charge is 0.495 e. The number of likely N-dealkylation sites (N-methyl/N-ethyl adjacent to an activating group) is 2. The second kappa shape index (κ2) is 51.3. The summed E-state index contributed by atoms with van der Waals surface area (Å²) in [7, 11) is 11.9. The number of alkyl halides is 4. The van der Waals surface area contributed by atoms with Gasteiger partial charge < -0.3 is 92.5 Å². The van der Waals surface area contributed by atoms with Crippen LogP contribution in [0.4, 0.5) is 21.0 Å². The van der Waals surface area contributed by atoms with E-state index >= 15 is 0 Å². The summed E-state index contributed by atoms with van der Waals surface area (Å²) in [5.41, 5.74) is 2.12. The molecule has 6 fully saturated rings. The topological polar surface area (TPSA) is 444 Å². The second-order valence-electron chi connectivity index (χ2n) is 36.7. The van der Waals surface area contributed by atoms with Crippen molar-refractivity contribution in [3.63, 3.8) is 0 Å². The number of thioether (sulfide) groups is 2. The maximum absolute atomic E-state index is 14.3. The highest BCUT2D eigenvalue weighted by atomic mass is 79.9. The maximum atomic E-state index is 14.3. The van der Waals surface area contributed by atoms with Gasteiger partial charge in [-0.05, 0) is 140 Å². The Morgan fingerprint density at radius 2 is 1.00 bits per heavy atom. The SMILES string of the molecule is BrCc1nnn(CC2CCNCC2)c1CBr.COc1cc2cc(c1Cl)N(C)C(=O)C[C@H](OC(=O)[C@H](C)N(C)C(=O)CCSCC(=O)N1CCC(Cn3nnc(CBr)c3CBr)CC1)[C@]1(C)O[C@H]1[C@H](C)[C@@H]1C[C@@](O)(NC(=O)O1)[C@H](OC)/C=C/C=C(\C)C2.COc1cc2cc(c1Cl)N(C)C(=O)C[C@H](OC(=O)[C@H](C)N(C)C(=O)CCSCC(=O)O)[C@]1(C)O[C@H]1[C@H](C)[C@@H]1C[C@@](O)(NC(=O)O1)[C@H](OC)/C=C/C=C(\C)C2. The van der Waals surface area contributed by atoms with E-state index in [9.17, 15) is 58.2 Å². The van der Waals surface area contributed by atoms with Gasteiger partial charge in [0.25, 0.3) is 0 Å². The van der Waals surface area contributed by atoms with E-state index in [0.717, 1.165) is 107 Å². The number of amides is 7. The molecule has 10 heterocycles. The highest BCUT2D eigenvalue weighted by Gasteiger charge is 2.66. The molecule has 8 aliphatic heterocycles. The molecule has 7 amide bonds. The monoisotopic (exact) mass is 2270 g/mol.